The molecule has 0 bridgehead atoms. The second-order valence-electron chi connectivity index (χ2n) is 4.70. The fourth-order valence-electron chi connectivity index (χ4n) is 1.80. The van der Waals surface area contributed by atoms with Gasteiger partial charge in [-0.3, -0.25) is 4.79 Å². The van der Waals surface area contributed by atoms with Crippen LogP contribution in [-0.2, 0) is 14.3 Å². The molecule has 1 aromatic rings. The molecule has 0 radical (unpaired) electrons. The highest BCUT2D eigenvalue weighted by Gasteiger charge is 2.20. The van der Waals surface area contributed by atoms with Crippen LogP contribution in [0.1, 0.15) is 18.4 Å². The summed E-state index contributed by atoms with van der Waals surface area (Å²) in [7, 11) is 1.41. The van der Waals surface area contributed by atoms with Crippen LogP contribution in [0.4, 0.5) is 0 Å². The summed E-state index contributed by atoms with van der Waals surface area (Å²) in [5.41, 5.74) is 1.96. The molecule has 0 saturated carbocycles. The molecule has 0 spiro atoms. The van der Waals surface area contributed by atoms with E-state index in [1.807, 2.05) is 37.3 Å². The van der Waals surface area contributed by atoms with E-state index in [1.165, 1.54) is 7.11 Å². The van der Waals surface area contributed by atoms with E-state index < -0.39 is 0 Å². The molecule has 1 rings (SSSR count). The molecule has 0 fully saturated rings. The zero-order chi connectivity index (χ0) is 14.8. The van der Waals surface area contributed by atoms with Gasteiger partial charge < -0.3 is 14.8 Å². The maximum Gasteiger partial charge on any atom is 0.314 e. The van der Waals surface area contributed by atoms with Gasteiger partial charge in [-0.05, 0) is 12.5 Å². The zero-order valence-electron chi connectivity index (χ0n) is 12.2. The van der Waals surface area contributed by atoms with Crippen molar-refractivity contribution in [3.05, 3.63) is 48.0 Å². The molecular weight excluding hydrogens is 254 g/mol. The molecule has 4 nitrogen and oxygen atoms in total. The maximum absolute atomic E-state index is 11.8. The number of hydrogen-bond donors (Lipinski definition) is 1. The molecule has 1 aromatic carbocycles. The first kappa shape index (κ1) is 16.4. The minimum Gasteiger partial charge on any atom is -0.469 e. The maximum atomic E-state index is 11.8. The van der Waals surface area contributed by atoms with Crippen molar-refractivity contribution in [1.82, 2.24) is 5.32 Å². The van der Waals surface area contributed by atoms with E-state index in [1.54, 1.807) is 0 Å². The van der Waals surface area contributed by atoms with Gasteiger partial charge in [0.15, 0.2) is 0 Å². The topological polar surface area (TPSA) is 47.6 Å². The quantitative estimate of drug-likeness (QED) is 0.427. The summed E-state index contributed by atoms with van der Waals surface area (Å²) < 4.78 is 10.2. The molecule has 0 heterocycles. The van der Waals surface area contributed by atoms with E-state index in [4.69, 9.17) is 9.47 Å². The number of hydrogen-bond acceptors (Lipinski definition) is 4. The van der Waals surface area contributed by atoms with E-state index in [0.717, 1.165) is 11.1 Å². The van der Waals surface area contributed by atoms with Gasteiger partial charge >= 0.3 is 5.97 Å². The number of esters is 1. The monoisotopic (exact) mass is 277 g/mol. The Labute approximate surface area is 120 Å². The number of carbonyl (C=O) groups excluding carboxylic acids is 1. The minimum absolute atomic E-state index is 0.230. The molecule has 4 heteroatoms. The third-order valence-corrected chi connectivity index (χ3v) is 2.81. The van der Waals surface area contributed by atoms with Gasteiger partial charge in [-0.25, -0.2) is 0 Å². The molecule has 1 atom stereocenters. The van der Waals surface area contributed by atoms with Gasteiger partial charge in [0, 0.05) is 13.1 Å². The molecule has 110 valence electrons. The molecule has 0 amide bonds. The first-order chi connectivity index (χ1) is 9.65. The Morgan fingerprint density at radius 2 is 2.05 bits per heavy atom. The summed E-state index contributed by atoms with van der Waals surface area (Å²) in [5.74, 6) is -0.520. The van der Waals surface area contributed by atoms with E-state index in [-0.39, 0.29) is 11.9 Å². The summed E-state index contributed by atoms with van der Waals surface area (Å²) >= 11 is 0. The van der Waals surface area contributed by atoms with Crippen molar-refractivity contribution in [3.63, 3.8) is 0 Å². The largest absolute Gasteiger partial charge is 0.469 e. The molecule has 1 unspecified atom stereocenters. The Balaban J connectivity index is 2.39. The zero-order valence-corrected chi connectivity index (χ0v) is 12.2. The second-order valence-corrected chi connectivity index (χ2v) is 4.70. The molecule has 0 aliphatic rings. The summed E-state index contributed by atoms with van der Waals surface area (Å²) in [6.45, 7) is 8.08. The van der Waals surface area contributed by atoms with Crippen LogP contribution < -0.4 is 5.32 Å². The Morgan fingerprint density at radius 1 is 1.35 bits per heavy atom. The van der Waals surface area contributed by atoms with Crippen molar-refractivity contribution in [2.45, 2.75) is 12.8 Å². The van der Waals surface area contributed by atoms with Crippen LogP contribution in [0.5, 0.6) is 0 Å². The summed E-state index contributed by atoms with van der Waals surface area (Å²) in [6, 6.07) is 9.63. The Kier molecular flexibility index (Phi) is 7.62. The smallest absolute Gasteiger partial charge is 0.314 e. The van der Waals surface area contributed by atoms with Crippen LogP contribution in [0.15, 0.2) is 42.5 Å². The average molecular weight is 277 g/mol. The number of rotatable bonds is 9. The van der Waals surface area contributed by atoms with Gasteiger partial charge in [-0.1, -0.05) is 42.5 Å². The van der Waals surface area contributed by atoms with Crippen LogP contribution >= 0.6 is 0 Å². The van der Waals surface area contributed by atoms with Crippen LogP contribution in [0, 0.1) is 0 Å². The van der Waals surface area contributed by atoms with Crippen LogP contribution in [0.25, 0.3) is 0 Å². The van der Waals surface area contributed by atoms with Gasteiger partial charge in [0.25, 0.3) is 0 Å². The average Bonchev–Trinajstić information content (AvgIpc) is 2.46. The van der Waals surface area contributed by atoms with Crippen LogP contribution in [0.2, 0.25) is 0 Å². The molecule has 0 saturated heterocycles. The highest BCUT2D eigenvalue weighted by Crippen LogP contribution is 2.15. The summed E-state index contributed by atoms with van der Waals surface area (Å²) in [6.07, 6.45) is 0. The predicted molar refractivity (Wildman–Crippen MR) is 79.7 cm³/mol. The normalized spacial score (nSPS) is 11.9. The number of nitrogens with one attached hydrogen (secondary N) is 1. The third kappa shape index (κ3) is 5.99. The molecule has 20 heavy (non-hydrogen) atoms. The highest BCUT2D eigenvalue weighted by molar-refractivity contribution is 5.78. The Bertz CT molecular complexity index is 417. The van der Waals surface area contributed by atoms with Gasteiger partial charge in [0.2, 0.25) is 0 Å². The lowest BCUT2D eigenvalue weighted by atomic mass is 9.99. The first-order valence-corrected chi connectivity index (χ1v) is 6.70. The fourth-order valence-corrected chi connectivity index (χ4v) is 1.80. The van der Waals surface area contributed by atoms with Gasteiger partial charge in [-0.2, -0.15) is 0 Å². The Morgan fingerprint density at radius 3 is 2.65 bits per heavy atom. The van der Waals surface area contributed by atoms with E-state index >= 15 is 0 Å². The molecular formula is C16H23NO3. The first-order valence-electron chi connectivity index (χ1n) is 6.70. The minimum atomic E-state index is -0.289. The molecule has 0 aliphatic carbocycles. The van der Waals surface area contributed by atoms with Crippen LogP contribution in [0.3, 0.4) is 0 Å². The van der Waals surface area contributed by atoms with Crippen molar-refractivity contribution in [3.8, 4) is 0 Å². The van der Waals surface area contributed by atoms with Crippen LogP contribution in [-0.4, -0.2) is 39.4 Å². The second kappa shape index (κ2) is 9.28. The van der Waals surface area contributed by atoms with Crippen molar-refractivity contribution in [1.29, 1.82) is 0 Å². The lowest BCUT2D eigenvalue weighted by molar-refractivity contribution is -0.142. The molecule has 0 aromatic heterocycles. The number of benzene rings is 1. The van der Waals surface area contributed by atoms with Gasteiger partial charge in [0.05, 0.1) is 26.2 Å². The van der Waals surface area contributed by atoms with E-state index in [0.29, 0.717) is 26.3 Å². The van der Waals surface area contributed by atoms with Crippen molar-refractivity contribution in [2.24, 2.45) is 0 Å². The van der Waals surface area contributed by atoms with Crippen molar-refractivity contribution < 1.29 is 14.3 Å². The summed E-state index contributed by atoms with van der Waals surface area (Å²) in [5, 5.41) is 3.22. The van der Waals surface area contributed by atoms with Crippen molar-refractivity contribution in [2.75, 3.05) is 33.4 Å². The Hall–Kier alpha value is -1.65. The highest BCUT2D eigenvalue weighted by atomic mass is 16.5. The standard InChI is InChI=1S/C16H23NO3/c1-13(2)12-20-10-9-17-11-15(16(18)19-3)14-7-5-4-6-8-14/h4-8,15,17H,1,9-12H2,2-3H3. The number of carbonyl (C=O) groups is 1. The molecule has 1 N–H and O–H groups in total. The van der Waals surface area contributed by atoms with Gasteiger partial charge in [-0.15, -0.1) is 0 Å². The number of methoxy groups -OCH3 is 1. The SMILES string of the molecule is C=C(C)COCCNCC(C(=O)OC)c1ccccc1. The fraction of sp³-hybridized carbons (Fsp3) is 0.438. The van der Waals surface area contributed by atoms with E-state index in [9.17, 15) is 4.79 Å². The predicted octanol–water partition coefficient (Wildman–Crippen LogP) is 2.13. The van der Waals surface area contributed by atoms with E-state index in [2.05, 4.69) is 11.9 Å². The third-order valence-electron chi connectivity index (χ3n) is 2.81. The summed E-state index contributed by atoms with van der Waals surface area (Å²) in [4.78, 5) is 11.8. The lowest BCUT2D eigenvalue weighted by Crippen LogP contribution is -2.30. The van der Waals surface area contributed by atoms with Crippen molar-refractivity contribution >= 4 is 5.97 Å². The number of ether oxygens (including phenoxy) is 2. The molecule has 0 aliphatic heterocycles. The van der Waals surface area contributed by atoms with Gasteiger partial charge in [0.1, 0.15) is 0 Å². The lowest BCUT2D eigenvalue weighted by Gasteiger charge is -2.16.